The van der Waals surface area contributed by atoms with Crippen molar-refractivity contribution in [3.05, 3.63) is 10.6 Å². The Morgan fingerprint density at radius 3 is 2.56 bits per heavy atom. The van der Waals surface area contributed by atoms with Crippen LogP contribution in [-0.4, -0.2) is 13.1 Å². The van der Waals surface area contributed by atoms with Crippen LogP contribution in [0.3, 0.4) is 0 Å². The zero-order valence-electron chi connectivity index (χ0n) is 4.72. The second kappa shape index (κ2) is 4.10. The number of halogens is 1. The number of esters is 1. The second-order valence-corrected chi connectivity index (χ2v) is 1.58. The van der Waals surface area contributed by atoms with E-state index >= 15 is 0 Å². The van der Waals surface area contributed by atoms with Crippen molar-refractivity contribution < 1.29 is 9.53 Å². The molecule has 0 aliphatic rings. The van der Waals surface area contributed by atoms with Crippen molar-refractivity contribution in [3.8, 4) is 6.07 Å². The highest BCUT2D eigenvalue weighted by Crippen LogP contribution is 1.98. The molecule has 0 radical (unpaired) electrons. The minimum absolute atomic E-state index is 0.0440. The van der Waals surface area contributed by atoms with E-state index in [1.54, 1.807) is 6.07 Å². The van der Waals surface area contributed by atoms with Crippen molar-refractivity contribution in [1.82, 2.24) is 0 Å². The minimum Gasteiger partial charge on any atom is -0.465 e. The standard InChI is InChI=1S/C5H4BrNO2/c1-9-5(8)4(2-6)3-7/h2H,1H3/b4-2+. The van der Waals surface area contributed by atoms with E-state index in [2.05, 4.69) is 20.7 Å². The zero-order chi connectivity index (χ0) is 7.28. The highest BCUT2D eigenvalue weighted by molar-refractivity contribution is 9.11. The van der Waals surface area contributed by atoms with Gasteiger partial charge < -0.3 is 4.74 Å². The zero-order valence-corrected chi connectivity index (χ0v) is 6.31. The van der Waals surface area contributed by atoms with Crippen LogP contribution in [0.4, 0.5) is 0 Å². The maximum absolute atomic E-state index is 10.4. The highest BCUT2D eigenvalue weighted by Gasteiger charge is 2.05. The topological polar surface area (TPSA) is 50.1 Å². The van der Waals surface area contributed by atoms with E-state index in [-0.39, 0.29) is 5.57 Å². The predicted octanol–water partition coefficient (Wildman–Crippen LogP) is 0.962. The molecule has 0 N–H and O–H groups in total. The summed E-state index contributed by atoms with van der Waals surface area (Å²) in [5, 5.41) is 8.18. The Morgan fingerprint density at radius 1 is 1.89 bits per heavy atom. The van der Waals surface area contributed by atoms with Crippen molar-refractivity contribution >= 4 is 21.9 Å². The van der Waals surface area contributed by atoms with Gasteiger partial charge in [-0.3, -0.25) is 0 Å². The number of hydrogen-bond donors (Lipinski definition) is 0. The first-order valence-electron chi connectivity index (χ1n) is 2.05. The Hall–Kier alpha value is -0.820. The van der Waals surface area contributed by atoms with Crippen LogP contribution in [0.2, 0.25) is 0 Å². The Labute approximate surface area is 61.0 Å². The summed E-state index contributed by atoms with van der Waals surface area (Å²) >= 11 is 2.83. The number of carbonyl (C=O) groups is 1. The second-order valence-electron chi connectivity index (χ2n) is 1.13. The van der Waals surface area contributed by atoms with E-state index < -0.39 is 5.97 Å². The van der Waals surface area contributed by atoms with Gasteiger partial charge in [0.05, 0.1) is 7.11 Å². The summed E-state index contributed by atoms with van der Waals surface area (Å²) in [5.74, 6) is -0.630. The van der Waals surface area contributed by atoms with Crippen LogP contribution in [-0.2, 0) is 9.53 Å². The van der Waals surface area contributed by atoms with Crippen molar-refractivity contribution in [3.63, 3.8) is 0 Å². The maximum Gasteiger partial charge on any atom is 0.349 e. The highest BCUT2D eigenvalue weighted by atomic mass is 79.9. The summed E-state index contributed by atoms with van der Waals surface area (Å²) in [4.78, 5) is 11.7. The molecule has 0 aliphatic heterocycles. The van der Waals surface area contributed by atoms with Gasteiger partial charge in [-0.2, -0.15) is 5.26 Å². The fourth-order valence-corrected chi connectivity index (χ4v) is 0.514. The van der Waals surface area contributed by atoms with E-state index in [1.165, 1.54) is 12.1 Å². The predicted molar refractivity (Wildman–Crippen MR) is 34.6 cm³/mol. The third kappa shape index (κ3) is 2.29. The molecule has 0 aromatic heterocycles. The molecular weight excluding hydrogens is 186 g/mol. The monoisotopic (exact) mass is 189 g/mol. The number of methoxy groups -OCH3 is 1. The van der Waals surface area contributed by atoms with Gasteiger partial charge in [-0.1, -0.05) is 15.9 Å². The van der Waals surface area contributed by atoms with Crippen LogP contribution in [0.5, 0.6) is 0 Å². The van der Waals surface area contributed by atoms with Crippen molar-refractivity contribution in [2.75, 3.05) is 7.11 Å². The summed E-state index contributed by atoms with van der Waals surface area (Å²) in [6.07, 6.45) is 0. The Kier molecular flexibility index (Phi) is 3.72. The van der Waals surface area contributed by atoms with E-state index in [0.717, 1.165) is 0 Å². The van der Waals surface area contributed by atoms with Crippen LogP contribution in [0.15, 0.2) is 10.6 Å². The third-order valence-corrected chi connectivity index (χ3v) is 1.09. The molecule has 0 saturated heterocycles. The van der Waals surface area contributed by atoms with Gasteiger partial charge in [-0.05, 0) is 0 Å². The molecule has 0 unspecified atom stereocenters. The van der Waals surface area contributed by atoms with Crippen LogP contribution in [0.1, 0.15) is 0 Å². The van der Waals surface area contributed by atoms with Crippen LogP contribution in [0.25, 0.3) is 0 Å². The fourth-order valence-electron chi connectivity index (χ4n) is 0.225. The third-order valence-electron chi connectivity index (χ3n) is 0.635. The van der Waals surface area contributed by atoms with E-state index in [4.69, 9.17) is 5.26 Å². The quantitative estimate of drug-likeness (QED) is 0.351. The molecule has 4 heteroatoms. The van der Waals surface area contributed by atoms with Crippen LogP contribution in [0, 0.1) is 11.3 Å². The van der Waals surface area contributed by atoms with Gasteiger partial charge in [0.25, 0.3) is 0 Å². The fraction of sp³-hybridized carbons (Fsp3) is 0.200. The van der Waals surface area contributed by atoms with Crippen LogP contribution >= 0.6 is 15.9 Å². The van der Waals surface area contributed by atoms with Gasteiger partial charge in [0.15, 0.2) is 0 Å². The summed E-state index contributed by atoms with van der Waals surface area (Å²) in [6, 6.07) is 1.64. The lowest BCUT2D eigenvalue weighted by molar-refractivity contribution is -0.135. The molecule has 3 nitrogen and oxygen atoms in total. The smallest absolute Gasteiger partial charge is 0.349 e. The lowest BCUT2D eigenvalue weighted by Crippen LogP contribution is -2.01. The average molecular weight is 190 g/mol. The molecule has 0 amide bonds. The van der Waals surface area contributed by atoms with Gasteiger partial charge >= 0.3 is 5.97 Å². The van der Waals surface area contributed by atoms with Crippen LogP contribution < -0.4 is 0 Å². The van der Waals surface area contributed by atoms with Gasteiger partial charge in [0.2, 0.25) is 0 Å². The maximum atomic E-state index is 10.4. The SMILES string of the molecule is COC(=O)/C(C#N)=C/Br. The van der Waals surface area contributed by atoms with Crippen molar-refractivity contribution in [2.24, 2.45) is 0 Å². The number of ether oxygens (including phenoxy) is 1. The summed E-state index contributed by atoms with van der Waals surface area (Å²) in [7, 11) is 1.22. The molecule has 0 fully saturated rings. The number of rotatable bonds is 1. The molecule has 0 heterocycles. The van der Waals surface area contributed by atoms with E-state index in [1.807, 2.05) is 0 Å². The minimum atomic E-state index is -0.630. The van der Waals surface area contributed by atoms with Gasteiger partial charge in [-0.25, -0.2) is 4.79 Å². The van der Waals surface area contributed by atoms with E-state index in [9.17, 15) is 4.79 Å². The molecule has 0 aromatic carbocycles. The molecule has 0 saturated carbocycles. The van der Waals surface area contributed by atoms with Gasteiger partial charge in [0, 0.05) is 4.99 Å². The number of nitrogens with zero attached hydrogens (tertiary/aromatic N) is 1. The number of carbonyl (C=O) groups excluding carboxylic acids is 1. The summed E-state index contributed by atoms with van der Waals surface area (Å²) < 4.78 is 4.23. The molecule has 0 aromatic rings. The number of nitriles is 1. The summed E-state index contributed by atoms with van der Waals surface area (Å²) in [6.45, 7) is 0. The average Bonchev–Trinajstić information content (AvgIpc) is 1.90. The normalized spacial score (nSPS) is 10.1. The Bertz CT molecular complexity index is 180. The number of hydrogen-bond acceptors (Lipinski definition) is 3. The summed E-state index contributed by atoms with van der Waals surface area (Å²) in [5.41, 5.74) is -0.0440. The molecule has 0 spiro atoms. The van der Waals surface area contributed by atoms with E-state index in [0.29, 0.717) is 0 Å². The largest absolute Gasteiger partial charge is 0.465 e. The lowest BCUT2D eigenvalue weighted by atomic mass is 10.3. The Morgan fingerprint density at radius 2 is 2.44 bits per heavy atom. The molecule has 0 atom stereocenters. The van der Waals surface area contributed by atoms with Gasteiger partial charge in [-0.15, -0.1) is 0 Å². The molecular formula is C5H4BrNO2. The van der Waals surface area contributed by atoms with Crippen molar-refractivity contribution in [2.45, 2.75) is 0 Å². The molecule has 0 aliphatic carbocycles. The first-order chi connectivity index (χ1) is 4.26. The lowest BCUT2D eigenvalue weighted by Gasteiger charge is -1.90. The molecule has 48 valence electrons. The molecule has 0 bridgehead atoms. The van der Waals surface area contributed by atoms with Crippen molar-refractivity contribution in [1.29, 1.82) is 5.26 Å². The molecule has 9 heavy (non-hydrogen) atoms. The van der Waals surface area contributed by atoms with Gasteiger partial charge in [0.1, 0.15) is 11.6 Å². The first kappa shape index (κ1) is 8.18. The molecule has 0 rings (SSSR count). The first-order valence-corrected chi connectivity index (χ1v) is 2.96. The Balaban J connectivity index is 4.19.